The first-order chi connectivity index (χ1) is 20.3. The summed E-state index contributed by atoms with van der Waals surface area (Å²) in [4.78, 5) is 17.5. The number of sulfonamides is 1. The van der Waals surface area contributed by atoms with Gasteiger partial charge in [0.15, 0.2) is 0 Å². The number of aromatic nitrogens is 2. The Bertz CT molecular complexity index is 1830. The molecule has 0 unspecified atom stereocenters. The van der Waals surface area contributed by atoms with Crippen molar-refractivity contribution in [1.29, 1.82) is 5.41 Å². The van der Waals surface area contributed by atoms with Gasteiger partial charge in [-0.3, -0.25) is 14.5 Å². The standard InChI is InChI=1S/C32H31N5O4S.ClH/c1-2-41-31(38)22-37(42(39,40)27-11-7-4-8-12-27)26-17-18-29-28(20-26)35-30(36(29)21-24-9-5-3-6-10-24)19-23-13-15-25(16-14-23)32(33)34;/h3-18,20H,2,19,21-22H2,1H3,(H3,33,34);1H. The van der Waals surface area contributed by atoms with Crippen molar-refractivity contribution < 1.29 is 17.9 Å². The minimum absolute atomic E-state index is 0. The van der Waals surface area contributed by atoms with Gasteiger partial charge in [-0.25, -0.2) is 13.4 Å². The lowest BCUT2D eigenvalue weighted by Crippen LogP contribution is -2.36. The zero-order valence-corrected chi connectivity index (χ0v) is 25.1. The van der Waals surface area contributed by atoms with Gasteiger partial charge in [-0.15, -0.1) is 12.4 Å². The van der Waals surface area contributed by atoms with E-state index in [1.807, 2.05) is 60.7 Å². The Morgan fingerprint density at radius 2 is 1.58 bits per heavy atom. The maximum atomic E-state index is 13.7. The maximum Gasteiger partial charge on any atom is 0.326 e. The second-order valence-corrected chi connectivity index (χ2v) is 11.6. The molecule has 0 amide bonds. The van der Waals surface area contributed by atoms with Crippen molar-refractivity contribution in [3.8, 4) is 0 Å². The highest BCUT2D eigenvalue weighted by Crippen LogP contribution is 2.29. The van der Waals surface area contributed by atoms with E-state index in [-0.39, 0.29) is 29.7 Å². The summed E-state index contributed by atoms with van der Waals surface area (Å²) in [5.41, 5.74) is 10.1. The molecule has 11 heteroatoms. The molecule has 0 fully saturated rings. The second-order valence-electron chi connectivity index (χ2n) is 9.69. The topological polar surface area (TPSA) is 131 Å². The van der Waals surface area contributed by atoms with Gasteiger partial charge in [-0.2, -0.15) is 0 Å². The van der Waals surface area contributed by atoms with Crippen molar-refractivity contribution in [3.63, 3.8) is 0 Å². The number of nitrogens with one attached hydrogen (secondary N) is 1. The Labute approximate surface area is 256 Å². The highest BCUT2D eigenvalue weighted by Gasteiger charge is 2.28. The van der Waals surface area contributed by atoms with E-state index in [1.54, 1.807) is 37.3 Å². The number of fused-ring (bicyclic) bond motifs is 1. The highest BCUT2D eigenvalue weighted by atomic mass is 35.5. The maximum absolute atomic E-state index is 13.7. The number of hydrogen-bond acceptors (Lipinski definition) is 6. The van der Waals surface area contributed by atoms with Crippen LogP contribution in [0.1, 0.15) is 29.4 Å². The van der Waals surface area contributed by atoms with Crippen molar-refractivity contribution in [1.82, 2.24) is 9.55 Å². The highest BCUT2D eigenvalue weighted by molar-refractivity contribution is 7.92. The lowest BCUT2D eigenvalue weighted by Gasteiger charge is -2.23. The number of carbonyl (C=O) groups is 1. The van der Waals surface area contributed by atoms with Crippen molar-refractivity contribution in [2.45, 2.75) is 24.8 Å². The van der Waals surface area contributed by atoms with E-state index in [0.717, 1.165) is 26.8 Å². The van der Waals surface area contributed by atoms with Crippen LogP contribution < -0.4 is 10.0 Å². The first kappa shape index (κ1) is 31.3. The van der Waals surface area contributed by atoms with Crippen LogP contribution in [0, 0.1) is 5.41 Å². The zero-order chi connectivity index (χ0) is 29.7. The fourth-order valence-corrected chi connectivity index (χ4v) is 6.17. The van der Waals surface area contributed by atoms with Crippen LogP contribution >= 0.6 is 12.4 Å². The molecule has 5 rings (SSSR count). The molecule has 0 atom stereocenters. The van der Waals surface area contributed by atoms with Crippen molar-refractivity contribution in [2.75, 3.05) is 17.5 Å². The Hall–Kier alpha value is -4.67. The average molecular weight is 618 g/mol. The van der Waals surface area contributed by atoms with Crippen LogP contribution in [0.5, 0.6) is 0 Å². The molecular formula is C32H32ClN5O4S. The Morgan fingerprint density at radius 1 is 0.930 bits per heavy atom. The van der Waals surface area contributed by atoms with Gasteiger partial charge in [0.05, 0.1) is 28.2 Å². The van der Waals surface area contributed by atoms with Crippen LogP contribution in [-0.2, 0) is 32.5 Å². The third-order valence-electron chi connectivity index (χ3n) is 6.82. The summed E-state index contributed by atoms with van der Waals surface area (Å²) in [5.74, 6) is 0.133. The van der Waals surface area contributed by atoms with Crippen LogP contribution in [0.4, 0.5) is 5.69 Å². The SMILES string of the molecule is CCOC(=O)CN(c1ccc2c(c1)nc(Cc1ccc(C(=N)N)cc1)n2Cc1ccccc1)S(=O)(=O)c1ccccc1.Cl. The van der Waals surface area contributed by atoms with E-state index in [1.165, 1.54) is 12.1 Å². The lowest BCUT2D eigenvalue weighted by molar-refractivity contribution is -0.141. The fraction of sp³-hybridized carbons (Fsp3) is 0.156. The number of esters is 1. The Morgan fingerprint density at radius 3 is 2.21 bits per heavy atom. The van der Waals surface area contributed by atoms with Crippen LogP contribution in [0.15, 0.2) is 108 Å². The number of hydrogen-bond donors (Lipinski definition) is 2. The van der Waals surface area contributed by atoms with Gasteiger partial charge in [0.1, 0.15) is 18.2 Å². The number of nitrogens with zero attached hydrogens (tertiary/aromatic N) is 3. The van der Waals surface area contributed by atoms with Gasteiger partial charge in [0, 0.05) is 18.5 Å². The van der Waals surface area contributed by atoms with Gasteiger partial charge in [0.25, 0.3) is 10.0 Å². The molecule has 0 aliphatic heterocycles. The molecule has 0 radical (unpaired) electrons. The van der Waals surface area contributed by atoms with Gasteiger partial charge in [-0.1, -0.05) is 72.8 Å². The molecule has 9 nitrogen and oxygen atoms in total. The molecule has 5 aromatic rings. The van der Waals surface area contributed by atoms with E-state index in [2.05, 4.69) is 4.57 Å². The molecule has 43 heavy (non-hydrogen) atoms. The number of ether oxygens (including phenoxy) is 1. The van der Waals surface area contributed by atoms with Crippen molar-refractivity contribution >= 4 is 51.0 Å². The normalized spacial score (nSPS) is 11.1. The molecule has 0 aliphatic carbocycles. The van der Waals surface area contributed by atoms with Crippen molar-refractivity contribution in [2.24, 2.45) is 5.73 Å². The minimum atomic E-state index is -4.08. The molecular weight excluding hydrogens is 586 g/mol. The van der Waals surface area contributed by atoms with Crippen LogP contribution in [0.3, 0.4) is 0 Å². The summed E-state index contributed by atoms with van der Waals surface area (Å²) < 4.78 is 35.7. The summed E-state index contributed by atoms with van der Waals surface area (Å²) in [6, 6.07) is 30.7. The minimum Gasteiger partial charge on any atom is -0.465 e. The Balaban J connectivity index is 0.00000423. The molecule has 1 heterocycles. The van der Waals surface area contributed by atoms with E-state index in [9.17, 15) is 13.2 Å². The first-order valence-corrected chi connectivity index (χ1v) is 14.9. The van der Waals surface area contributed by atoms with Gasteiger partial charge in [0.2, 0.25) is 0 Å². The Kier molecular flexibility index (Phi) is 9.84. The number of nitrogens with two attached hydrogens (primary N) is 1. The number of nitrogen functional groups attached to an aromatic ring is 1. The fourth-order valence-electron chi connectivity index (χ4n) is 4.74. The van der Waals surface area contributed by atoms with Crippen LogP contribution in [-0.4, -0.2) is 42.9 Å². The number of amidine groups is 1. The predicted octanol–water partition coefficient (Wildman–Crippen LogP) is 5.14. The van der Waals surface area contributed by atoms with E-state index >= 15 is 0 Å². The summed E-state index contributed by atoms with van der Waals surface area (Å²) in [5, 5.41) is 7.66. The van der Waals surface area contributed by atoms with E-state index in [4.69, 9.17) is 20.9 Å². The lowest BCUT2D eigenvalue weighted by atomic mass is 10.1. The molecule has 0 aliphatic rings. The molecule has 4 aromatic carbocycles. The molecule has 0 spiro atoms. The smallest absolute Gasteiger partial charge is 0.326 e. The first-order valence-electron chi connectivity index (χ1n) is 13.5. The second kappa shape index (κ2) is 13.5. The molecule has 0 saturated heterocycles. The number of benzene rings is 4. The third kappa shape index (κ3) is 7.04. The predicted molar refractivity (Wildman–Crippen MR) is 170 cm³/mol. The monoisotopic (exact) mass is 617 g/mol. The van der Waals surface area contributed by atoms with Crippen LogP contribution in [0.2, 0.25) is 0 Å². The quantitative estimate of drug-likeness (QED) is 0.120. The summed E-state index contributed by atoms with van der Waals surface area (Å²) in [6.07, 6.45) is 0.504. The molecule has 0 bridgehead atoms. The van der Waals surface area contributed by atoms with Gasteiger partial charge < -0.3 is 15.0 Å². The number of anilines is 1. The number of imidazole rings is 1. The molecule has 0 saturated carbocycles. The number of rotatable bonds is 11. The van der Waals surface area contributed by atoms with Crippen molar-refractivity contribution in [3.05, 3.63) is 126 Å². The largest absolute Gasteiger partial charge is 0.465 e. The molecule has 222 valence electrons. The average Bonchev–Trinajstić information content (AvgIpc) is 3.32. The van der Waals surface area contributed by atoms with Crippen LogP contribution in [0.25, 0.3) is 11.0 Å². The molecule has 3 N–H and O–H groups in total. The van der Waals surface area contributed by atoms with E-state index in [0.29, 0.717) is 29.7 Å². The third-order valence-corrected chi connectivity index (χ3v) is 8.61. The summed E-state index contributed by atoms with van der Waals surface area (Å²) in [7, 11) is -4.08. The number of carbonyl (C=O) groups excluding carboxylic acids is 1. The van der Waals surface area contributed by atoms with Gasteiger partial charge >= 0.3 is 5.97 Å². The zero-order valence-electron chi connectivity index (χ0n) is 23.5. The molecule has 1 aromatic heterocycles. The summed E-state index contributed by atoms with van der Waals surface area (Å²) >= 11 is 0. The van der Waals surface area contributed by atoms with Gasteiger partial charge in [-0.05, 0) is 48.4 Å². The van der Waals surface area contributed by atoms with E-state index < -0.39 is 22.5 Å². The summed E-state index contributed by atoms with van der Waals surface area (Å²) in [6.45, 7) is 1.90. The number of halogens is 1.